The van der Waals surface area contributed by atoms with Gasteiger partial charge >= 0.3 is 0 Å². The van der Waals surface area contributed by atoms with Crippen LogP contribution in [-0.2, 0) is 0 Å². The molecule has 0 radical (unpaired) electrons. The molecule has 2 aromatic rings. The molecule has 0 N–H and O–H groups in total. The van der Waals surface area contributed by atoms with Crippen molar-refractivity contribution in [2.45, 2.75) is 18.9 Å². The molecule has 0 unspecified atom stereocenters. The first-order valence-corrected chi connectivity index (χ1v) is 6.45. The van der Waals surface area contributed by atoms with E-state index in [2.05, 4.69) is 17.0 Å². The van der Waals surface area contributed by atoms with Crippen LogP contribution in [0.3, 0.4) is 0 Å². The van der Waals surface area contributed by atoms with E-state index in [1.807, 2.05) is 4.68 Å². The van der Waals surface area contributed by atoms with E-state index in [0.29, 0.717) is 6.04 Å². The number of nitro benzene ring substituents is 1. The molecule has 1 aliphatic rings. The van der Waals surface area contributed by atoms with Crippen molar-refractivity contribution in [3.63, 3.8) is 0 Å². The van der Waals surface area contributed by atoms with E-state index in [9.17, 15) is 10.1 Å². The summed E-state index contributed by atoms with van der Waals surface area (Å²) in [5, 5.41) is 16.0. The molecule has 19 heavy (non-hydrogen) atoms. The van der Waals surface area contributed by atoms with Gasteiger partial charge in [0.05, 0.1) is 22.7 Å². The number of piperidine rings is 1. The van der Waals surface area contributed by atoms with Crippen LogP contribution in [0.5, 0.6) is 0 Å². The Labute approximate surface area is 110 Å². The zero-order chi connectivity index (χ0) is 13.4. The lowest BCUT2D eigenvalue weighted by molar-refractivity contribution is -0.384. The molecule has 100 valence electrons. The second-order valence-corrected chi connectivity index (χ2v) is 5.12. The van der Waals surface area contributed by atoms with Crippen LogP contribution in [0.25, 0.3) is 10.9 Å². The van der Waals surface area contributed by atoms with E-state index < -0.39 is 0 Å². The first-order chi connectivity index (χ1) is 9.15. The molecular weight excluding hydrogens is 244 g/mol. The van der Waals surface area contributed by atoms with Gasteiger partial charge in [-0.2, -0.15) is 5.10 Å². The minimum absolute atomic E-state index is 0.121. The standard InChI is InChI=1S/C13H16N4O2/c1-15-6-4-11(5-7-15)16-13-3-2-12(17(18)19)8-10(13)9-14-16/h2-3,8-9,11H,4-7H2,1H3. The molecule has 0 amide bonds. The number of rotatable bonds is 2. The van der Waals surface area contributed by atoms with Gasteiger partial charge < -0.3 is 4.90 Å². The minimum Gasteiger partial charge on any atom is -0.306 e. The van der Waals surface area contributed by atoms with Gasteiger partial charge in [-0.05, 0) is 39.0 Å². The van der Waals surface area contributed by atoms with Gasteiger partial charge in [0.2, 0.25) is 0 Å². The molecule has 3 rings (SSSR count). The van der Waals surface area contributed by atoms with Crippen molar-refractivity contribution in [1.82, 2.24) is 14.7 Å². The highest BCUT2D eigenvalue weighted by Crippen LogP contribution is 2.27. The molecule has 1 fully saturated rings. The fourth-order valence-corrected chi connectivity index (χ4v) is 2.68. The lowest BCUT2D eigenvalue weighted by Crippen LogP contribution is -2.31. The molecule has 0 bridgehead atoms. The Kier molecular flexibility index (Phi) is 2.94. The lowest BCUT2D eigenvalue weighted by atomic mass is 10.1. The normalized spacial score (nSPS) is 17.9. The fourth-order valence-electron chi connectivity index (χ4n) is 2.68. The van der Waals surface area contributed by atoms with Crippen molar-refractivity contribution in [2.75, 3.05) is 20.1 Å². The third-order valence-corrected chi connectivity index (χ3v) is 3.82. The van der Waals surface area contributed by atoms with Gasteiger partial charge in [-0.1, -0.05) is 0 Å². The fraction of sp³-hybridized carbons (Fsp3) is 0.462. The lowest BCUT2D eigenvalue weighted by Gasteiger charge is -2.29. The smallest absolute Gasteiger partial charge is 0.270 e. The van der Waals surface area contributed by atoms with E-state index in [0.717, 1.165) is 36.8 Å². The molecule has 0 atom stereocenters. The first kappa shape index (κ1) is 12.1. The topological polar surface area (TPSA) is 64.2 Å². The molecule has 1 aromatic carbocycles. The van der Waals surface area contributed by atoms with Crippen LogP contribution in [-0.4, -0.2) is 39.7 Å². The average molecular weight is 260 g/mol. The van der Waals surface area contributed by atoms with Gasteiger partial charge in [0, 0.05) is 17.5 Å². The Balaban J connectivity index is 1.95. The molecule has 1 aromatic heterocycles. The van der Waals surface area contributed by atoms with Crippen LogP contribution in [0.1, 0.15) is 18.9 Å². The van der Waals surface area contributed by atoms with Crippen molar-refractivity contribution in [1.29, 1.82) is 0 Å². The predicted octanol–water partition coefficient (Wildman–Crippen LogP) is 2.21. The second-order valence-electron chi connectivity index (χ2n) is 5.12. The molecule has 0 spiro atoms. The number of nitrogens with zero attached hydrogens (tertiary/aromatic N) is 4. The van der Waals surface area contributed by atoms with Crippen LogP contribution in [0.15, 0.2) is 24.4 Å². The number of benzene rings is 1. The molecule has 2 heterocycles. The van der Waals surface area contributed by atoms with E-state index >= 15 is 0 Å². The molecule has 6 nitrogen and oxygen atoms in total. The summed E-state index contributed by atoms with van der Waals surface area (Å²) in [6.07, 6.45) is 3.87. The van der Waals surface area contributed by atoms with Gasteiger partial charge in [0.1, 0.15) is 0 Å². The summed E-state index contributed by atoms with van der Waals surface area (Å²) in [7, 11) is 2.13. The van der Waals surface area contributed by atoms with Crippen LogP contribution in [0, 0.1) is 10.1 Å². The highest BCUT2D eigenvalue weighted by molar-refractivity contribution is 5.81. The maximum Gasteiger partial charge on any atom is 0.270 e. The summed E-state index contributed by atoms with van der Waals surface area (Å²) in [5.41, 5.74) is 1.11. The van der Waals surface area contributed by atoms with E-state index in [1.165, 1.54) is 0 Å². The number of aromatic nitrogens is 2. The van der Waals surface area contributed by atoms with Gasteiger partial charge in [-0.25, -0.2) is 0 Å². The molecule has 0 saturated carbocycles. The van der Waals surface area contributed by atoms with Gasteiger partial charge in [0.15, 0.2) is 0 Å². The van der Waals surface area contributed by atoms with E-state index in [4.69, 9.17) is 0 Å². The number of hydrogen-bond acceptors (Lipinski definition) is 4. The molecular formula is C13H16N4O2. The van der Waals surface area contributed by atoms with Crippen molar-refractivity contribution in [2.24, 2.45) is 0 Å². The van der Waals surface area contributed by atoms with Crippen molar-refractivity contribution in [3.8, 4) is 0 Å². The summed E-state index contributed by atoms with van der Waals surface area (Å²) in [4.78, 5) is 12.7. The Morgan fingerprint density at radius 2 is 2.11 bits per heavy atom. The quantitative estimate of drug-likeness (QED) is 0.613. The number of likely N-dealkylation sites (tertiary alicyclic amines) is 1. The molecule has 6 heteroatoms. The van der Waals surface area contributed by atoms with E-state index in [1.54, 1.807) is 24.4 Å². The highest BCUT2D eigenvalue weighted by atomic mass is 16.6. The maximum absolute atomic E-state index is 10.8. The largest absolute Gasteiger partial charge is 0.306 e. The Hall–Kier alpha value is -1.95. The Bertz CT molecular complexity index is 614. The summed E-state index contributed by atoms with van der Waals surface area (Å²) in [6.45, 7) is 2.14. The number of hydrogen-bond donors (Lipinski definition) is 0. The third kappa shape index (κ3) is 2.19. The molecule has 1 aliphatic heterocycles. The van der Waals surface area contributed by atoms with Crippen molar-refractivity contribution >= 4 is 16.6 Å². The van der Waals surface area contributed by atoms with Gasteiger partial charge in [0.25, 0.3) is 5.69 Å². The van der Waals surface area contributed by atoms with Crippen molar-refractivity contribution < 1.29 is 4.92 Å². The van der Waals surface area contributed by atoms with Crippen LogP contribution >= 0.6 is 0 Å². The average Bonchev–Trinajstić information content (AvgIpc) is 2.82. The number of non-ortho nitro benzene ring substituents is 1. The summed E-state index contributed by atoms with van der Waals surface area (Å²) < 4.78 is 2.02. The van der Waals surface area contributed by atoms with Crippen LogP contribution < -0.4 is 0 Å². The first-order valence-electron chi connectivity index (χ1n) is 6.45. The Morgan fingerprint density at radius 1 is 1.37 bits per heavy atom. The molecule has 1 saturated heterocycles. The predicted molar refractivity (Wildman–Crippen MR) is 72.2 cm³/mol. The highest BCUT2D eigenvalue weighted by Gasteiger charge is 2.21. The second kappa shape index (κ2) is 4.62. The third-order valence-electron chi connectivity index (χ3n) is 3.82. The minimum atomic E-state index is -0.369. The van der Waals surface area contributed by atoms with Gasteiger partial charge in [-0.3, -0.25) is 14.8 Å². The van der Waals surface area contributed by atoms with Gasteiger partial charge in [-0.15, -0.1) is 0 Å². The van der Waals surface area contributed by atoms with Crippen molar-refractivity contribution in [3.05, 3.63) is 34.5 Å². The van der Waals surface area contributed by atoms with Crippen LogP contribution in [0.4, 0.5) is 5.69 Å². The van der Waals surface area contributed by atoms with E-state index in [-0.39, 0.29) is 10.6 Å². The summed E-state index contributed by atoms with van der Waals surface area (Å²) in [5.74, 6) is 0. The maximum atomic E-state index is 10.8. The van der Waals surface area contributed by atoms with Crippen LogP contribution in [0.2, 0.25) is 0 Å². The summed E-state index contributed by atoms with van der Waals surface area (Å²) >= 11 is 0. The number of fused-ring (bicyclic) bond motifs is 1. The zero-order valence-corrected chi connectivity index (χ0v) is 10.8. The summed E-state index contributed by atoms with van der Waals surface area (Å²) in [6, 6.07) is 5.34. The monoisotopic (exact) mass is 260 g/mol. The molecule has 0 aliphatic carbocycles. The number of nitro groups is 1. The Morgan fingerprint density at radius 3 is 2.79 bits per heavy atom. The SMILES string of the molecule is CN1CCC(n2ncc3cc([N+](=O)[O-])ccc32)CC1. The zero-order valence-electron chi connectivity index (χ0n) is 10.8.